The average molecular weight is 547 g/mol. The summed E-state index contributed by atoms with van der Waals surface area (Å²) in [5.74, 6) is -0.312. The van der Waals surface area contributed by atoms with Crippen LogP contribution in [0.5, 0.6) is 11.5 Å². The Morgan fingerprint density at radius 1 is 1.05 bits per heavy atom. The van der Waals surface area contributed by atoms with Crippen molar-refractivity contribution < 1.29 is 29.3 Å². The van der Waals surface area contributed by atoms with Crippen molar-refractivity contribution in [1.29, 1.82) is 0 Å². The molecule has 1 amide bonds. The Balaban J connectivity index is 0.00000380. The van der Waals surface area contributed by atoms with Gasteiger partial charge in [0.15, 0.2) is 0 Å². The van der Waals surface area contributed by atoms with Gasteiger partial charge in [0.2, 0.25) is 0 Å². The molecule has 0 saturated carbocycles. The molecule has 4 N–H and O–H groups in total. The van der Waals surface area contributed by atoms with E-state index in [1.165, 1.54) is 30.9 Å². The number of anilines is 1. The first-order chi connectivity index (χ1) is 17.3. The van der Waals surface area contributed by atoms with Crippen molar-refractivity contribution in [3.05, 3.63) is 87.9 Å². The molecule has 0 radical (unpaired) electrons. The molecule has 0 saturated heterocycles. The Hall–Kier alpha value is -3.30. The summed E-state index contributed by atoms with van der Waals surface area (Å²) < 4.78 is 10.5. The quantitative estimate of drug-likeness (QED) is 0.290. The second-order valence-electron chi connectivity index (χ2n) is 8.62. The van der Waals surface area contributed by atoms with Gasteiger partial charge in [-0.25, -0.2) is 9.59 Å². The summed E-state index contributed by atoms with van der Waals surface area (Å²) in [6.07, 6.45) is 1.27. The molecule has 2 atom stereocenters. The van der Waals surface area contributed by atoms with E-state index in [4.69, 9.17) is 16.3 Å². The van der Waals surface area contributed by atoms with Crippen LogP contribution in [0, 0.1) is 0 Å². The number of aliphatic hydroxyl groups is 1. The zero-order valence-electron chi connectivity index (χ0n) is 20.1. The van der Waals surface area contributed by atoms with Gasteiger partial charge in [0.25, 0.3) is 0 Å². The molecule has 0 heterocycles. The minimum Gasteiger partial charge on any atom is -0.478 e. The fourth-order valence-corrected chi connectivity index (χ4v) is 4.34. The number of hydrogen-bond donors (Lipinski definition) is 4. The number of carbonyl (C=O) groups excluding carboxylic acids is 1. The monoisotopic (exact) mass is 546 g/mol. The van der Waals surface area contributed by atoms with Gasteiger partial charge in [-0.1, -0.05) is 29.8 Å². The first-order valence-electron chi connectivity index (χ1n) is 11.5. The topological polar surface area (TPSA) is 117 Å². The van der Waals surface area contributed by atoms with Crippen LogP contribution in [0.1, 0.15) is 39.6 Å². The predicted molar refractivity (Wildman–Crippen MR) is 143 cm³/mol. The minimum absolute atomic E-state index is 0. The number of rotatable bonds is 8. The third-order valence-corrected chi connectivity index (χ3v) is 6.33. The van der Waals surface area contributed by atoms with Gasteiger partial charge in [-0.15, -0.1) is 12.4 Å². The van der Waals surface area contributed by atoms with Gasteiger partial charge in [0.1, 0.15) is 11.5 Å². The minimum atomic E-state index is -1.14. The first-order valence-corrected chi connectivity index (χ1v) is 11.9. The summed E-state index contributed by atoms with van der Waals surface area (Å²) >= 11 is 5.93. The van der Waals surface area contributed by atoms with Crippen LogP contribution in [0.2, 0.25) is 5.02 Å². The van der Waals surface area contributed by atoms with Crippen LogP contribution in [0.3, 0.4) is 0 Å². The number of ether oxygens (including phenoxy) is 2. The highest BCUT2D eigenvalue weighted by atomic mass is 35.5. The lowest BCUT2D eigenvalue weighted by molar-refractivity contribution is 0.0696. The van der Waals surface area contributed by atoms with Crippen LogP contribution >= 0.6 is 24.0 Å². The summed E-state index contributed by atoms with van der Waals surface area (Å²) in [6, 6.07) is 17.4. The van der Waals surface area contributed by atoms with E-state index in [2.05, 4.69) is 15.4 Å². The van der Waals surface area contributed by atoms with Crippen LogP contribution in [0.4, 0.5) is 10.5 Å². The number of carboxylic acids is 1. The highest BCUT2D eigenvalue weighted by molar-refractivity contribution is 6.30. The number of aromatic carboxylic acids is 1. The maximum absolute atomic E-state index is 11.6. The summed E-state index contributed by atoms with van der Waals surface area (Å²) in [7, 11) is 1.22. The molecule has 0 spiro atoms. The van der Waals surface area contributed by atoms with Crippen molar-refractivity contribution in [3.63, 3.8) is 0 Å². The molecule has 0 aliphatic heterocycles. The fraction of sp³-hybridized carbons (Fsp3) is 0.259. The van der Waals surface area contributed by atoms with Gasteiger partial charge in [0, 0.05) is 29.4 Å². The van der Waals surface area contributed by atoms with Crippen molar-refractivity contribution in [1.82, 2.24) is 5.32 Å². The molecule has 1 aliphatic carbocycles. The zero-order valence-corrected chi connectivity index (χ0v) is 21.6. The van der Waals surface area contributed by atoms with E-state index in [9.17, 15) is 19.8 Å². The predicted octanol–water partition coefficient (Wildman–Crippen LogP) is 5.61. The highest BCUT2D eigenvalue weighted by Crippen LogP contribution is 2.31. The van der Waals surface area contributed by atoms with Crippen LogP contribution in [0.25, 0.3) is 0 Å². The summed E-state index contributed by atoms with van der Waals surface area (Å²) in [4.78, 5) is 23.1. The van der Waals surface area contributed by atoms with Crippen LogP contribution in [-0.2, 0) is 17.6 Å². The number of carboxylic acid groups (broad SMARTS) is 1. The molecule has 8 nitrogen and oxygen atoms in total. The number of amides is 1. The normalized spacial score (nSPS) is 15.1. The van der Waals surface area contributed by atoms with Gasteiger partial charge >= 0.3 is 12.1 Å². The molecule has 3 aromatic rings. The fourth-order valence-electron chi connectivity index (χ4n) is 4.21. The average Bonchev–Trinajstić information content (AvgIpc) is 2.87. The number of halogens is 2. The van der Waals surface area contributed by atoms with Crippen molar-refractivity contribution in [2.45, 2.75) is 31.4 Å². The third-order valence-electron chi connectivity index (χ3n) is 6.08. The number of nitrogens with one attached hydrogen (secondary N) is 2. The Bertz CT molecular complexity index is 1250. The van der Waals surface area contributed by atoms with Crippen LogP contribution in [-0.4, -0.2) is 42.0 Å². The molecule has 4 rings (SSSR count). The molecule has 0 aromatic heterocycles. The third kappa shape index (κ3) is 7.60. The van der Waals surface area contributed by atoms with Gasteiger partial charge < -0.3 is 25.0 Å². The van der Waals surface area contributed by atoms with Crippen LogP contribution in [0.15, 0.2) is 60.7 Å². The van der Waals surface area contributed by atoms with E-state index in [-0.39, 0.29) is 35.4 Å². The lowest BCUT2D eigenvalue weighted by Gasteiger charge is -2.27. The molecule has 10 heteroatoms. The number of methoxy groups -OCH3 is 1. The molecule has 3 aromatic carbocycles. The molecule has 196 valence electrons. The second-order valence-corrected chi connectivity index (χ2v) is 9.05. The van der Waals surface area contributed by atoms with E-state index < -0.39 is 18.2 Å². The molecular weight excluding hydrogens is 519 g/mol. The zero-order chi connectivity index (χ0) is 25.7. The Labute approximate surface area is 226 Å². The number of aliphatic hydroxyl groups excluding tert-OH is 1. The van der Waals surface area contributed by atoms with Gasteiger partial charge in [-0.3, -0.25) is 5.32 Å². The Kier molecular flexibility index (Phi) is 9.77. The van der Waals surface area contributed by atoms with Gasteiger partial charge in [0.05, 0.1) is 18.8 Å². The largest absolute Gasteiger partial charge is 0.478 e. The molecule has 1 aliphatic rings. The van der Waals surface area contributed by atoms with Crippen LogP contribution < -0.4 is 15.4 Å². The standard InChI is InChI=1S/C27H27ClN2O6.ClH/c1-35-27(34)30-22-11-19(26(32)33)13-24(14-22)36-23-9-5-16-4-8-21(10-18(16)12-23)29-15-25(31)17-2-6-20(28)7-3-17;/h2-3,5-7,9,11-14,21,25,29,31H,4,8,10,15H2,1H3,(H,30,34)(H,32,33);1H/t21-,25-;/m0./s1. The van der Waals surface area contributed by atoms with E-state index in [1.54, 1.807) is 12.1 Å². The molecule has 0 bridgehead atoms. The molecule has 0 unspecified atom stereocenters. The summed E-state index contributed by atoms with van der Waals surface area (Å²) in [5, 5.41) is 26.5. The maximum atomic E-state index is 11.6. The SMILES string of the molecule is COC(=O)Nc1cc(Oc2ccc3c(c2)C[C@@H](NC[C@H](O)c2ccc(Cl)cc2)CC3)cc(C(=O)O)c1.Cl. The summed E-state index contributed by atoms with van der Waals surface area (Å²) in [6.45, 7) is 0.426. The number of benzene rings is 3. The van der Waals surface area contributed by atoms with E-state index in [0.29, 0.717) is 17.3 Å². The lowest BCUT2D eigenvalue weighted by atomic mass is 9.88. The van der Waals surface area contributed by atoms with Crippen molar-refractivity contribution in [2.75, 3.05) is 19.0 Å². The smallest absolute Gasteiger partial charge is 0.411 e. The van der Waals surface area contributed by atoms with Crippen molar-refractivity contribution in [3.8, 4) is 11.5 Å². The van der Waals surface area contributed by atoms with Gasteiger partial charge in [-0.05, 0) is 72.4 Å². The Morgan fingerprint density at radius 2 is 1.81 bits per heavy atom. The van der Waals surface area contributed by atoms with Crippen molar-refractivity contribution >= 4 is 41.8 Å². The molecular formula is C27H28Cl2N2O6. The lowest BCUT2D eigenvalue weighted by Crippen LogP contribution is -2.37. The number of hydrogen-bond acceptors (Lipinski definition) is 6. The number of fused-ring (bicyclic) bond motifs is 1. The van der Waals surface area contributed by atoms with Gasteiger partial charge in [-0.2, -0.15) is 0 Å². The first kappa shape index (κ1) is 28.3. The maximum Gasteiger partial charge on any atom is 0.411 e. The van der Waals surface area contributed by atoms with E-state index in [0.717, 1.165) is 30.4 Å². The Morgan fingerprint density at radius 3 is 2.51 bits per heavy atom. The molecule has 37 heavy (non-hydrogen) atoms. The number of aryl methyl sites for hydroxylation is 1. The summed E-state index contributed by atoms with van der Waals surface area (Å²) in [5.41, 5.74) is 3.38. The second kappa shape index (κ2) is 12.8. The number of carbonyl (C=O) groups is 2. The molecule has 0 fully saturated rings. The van der Waals surface area contributed by atoms with E-state index in [1.807, 2.05) is 30.3 Å². The highest BCUT2D eigenvalue weighted by Gasteiger charge is 2.20. The van der Waals surface area contributed by atoms with E-state index >= 15 is 0 Å². The van der Waals surface area contributed by atoms with Crippen molar-refractivity contribution in [2.24, 2.45) is 0 Å².